The second-order valence-corrected chi connectivity index (χ2v) is 6.41. The number of tetrazole rings is 1. The van der Waals surface area contributed by atoms with E-state index in [-0.39, 0.29) is 38.5 Å². The molecule has 171 valence electrons. The Morgan fingerprint density at radius 1 is 1.13 bits per heavy atom. The first kappa shape index (κ1) is 31.1. The molecule has 12 nitrogen and oxygen atoms in total. The number of ketones is 1. The zero-order valence-corrected chi connectivity index (χ0v) is 22.0. The molecule has 13 heteroatoms. The number of Topliss-reactive ketones (excluding diaryl/α,β-unsaturated/α-hetero) is 1. The molecule has 4 heterocycles. The van der Waals surface area contributed by atoms with Crippen LogP contribution in [0.2, 0.25) is 0 Å². The van der Waals surface area contributed by atoms with Crippen LogP contribution in [0.4, 0.5) is 0 Å². The van der Waals surface area contributed by atoms with Crippen LogP contribution in [0.5, 0.6) is 0 Å². The van der Waals surface area contributed by atoms with Crippen LogP contribution in [0.25, 0.3) is 0 Å². The predicted molar refractivity (Wildman–Crippen MR) is 111 cm³/mol. The van der Waals surface area contributed by atoms with E-state index < -0.39 is 0 Å². The molecule has 0 unspecified atom stereocenters. The molecule has 2 aromatic heterocycles. The maximum atomic E-state index is 9.44. The number of H-pyrrole nitrogens is 1. The number of hydrogen-bond acceptors (Lipinski definition) is 11. The van der Waals surface area contributed by atoms with Crippen molar-refractivity contribution in [3.8, 4) is 0 Å². The zero-order chi connectivity index (χ0) is 22.8. The van der Waals surface area contributed by atoms with E-state index in [1.807, 2.05) is 0 Å². The minimum absolute atomic E-state index is 0. The molecule has 0 aliphatic carbocycles. The number of hydrogen-bond donors (Lipinski definition) is 2. The summed E-state index contributed by atoms with van der Waals surface area (Å²) < 4.78 is 9.29. The second kappa shape index (κ2) is 19.9. The molecule has 0 amide bonds. The molecule has 4 rings (SSSR count). The van der Waals surface area contributed by atoms with Crippen LogP contribution in [0, 0.1) is 20.2 Å². The monoisotopic (exact) mass is 511 g/mol. The molecule has 1 radical (unpaired) electrons. The molecule has 0 aromatic carbocycles. The van der Waals surface area contributed by atoms with Gasteiger partial charge in [0.05, 0.1) is 12.3 Å². The Morgan fingerprint density at radius 2 is 1.74 bits per heavy atom. The summed E-state index contributed by atoms with van der Waals surface area (Å²) in [7, 11) is 2.19. The van der Waals surface area contributed by atoms with Crippen molar-refractivity contribution in [3.05, 3.63) is 30.6 Å². The number of aromatic nitrogens is 6. The Morgan fingerprint density at radius 3 is 1.90 bits per heavy atom. The van der Waals surface area contributed by atoms with Gasteiger partial charge in [-0.05, 0) is 60.3 Å². The van der Waals surface area contributed by atoms with Crippen LogP contribution in [0.3, 0.4) is 0 Å². The van der Waals surface area contributed by atoms with Crippen LogP contribution < -0.4 is 5.43 Å². The second-order valence-electron chi connectivity index (χ2n) is 6.41. The number of aryl methyl sites for hydroxylation is 2. The molecule has 2 aliphatic rings. The van der Waals surface area contributed by atoms with Gasteiger partial charge in [0.25, 0.3) is 0 Å². The molecular formula is C18H32N9O3Y-. The molecule has 0 bridgehead atoms. The summed E-state index contributed by atoms with van der Waals surface area (Å²) in [6.45, 7) is 14.4. The van der Waals surface area contributed by atoms with Gasteiger partial charge in [0.2, 0.25) is 11.8 Å². The third-order valence-electron chi connectivity index (χ3n) is 3.06. The van der Waals surface area contributed by atoms with Crippen molar-refractivity contribution in [2.75, 3.05) is 20.1 Å². The van der Waals surface area contributed by atoms with Gasteiger partial charge in [-0.3, -0.25) is 0 Å². The molecule has 2 aliphatic heterocycles. The van der Waals surface area contributed by atoms with Gasteiger partial charge in [0.15, 0.2) is 5.82 Å². The van der Waals surface area contributed by atoms with E-state index in [2.05, 4.69) is 70.7 Å². The number of piperidine rings is 1. The molecular weight excluding hydrogens is 479 g/mol. The fraction of sp³-hybridized carbons (Fsp3) is 0.611. The third kappa shape index (κ3) is 22.5. The first-order valence-corrected chi connectivity index (χ1v) is 9.39. The molecule has 1 saturated heterocycles. The molecule has 0 saturated carbocycles. The molecule has 31 heavy (non-hydrogen) atoms. The number of carbonyl (C=O) groups excluding carboxylic acids is 1. The van der Waals surface area contributed by atoms with Crippen molar-refractivity contribution in [1.82, 2.24) is 41.1 Å². The van der Waals surface area contributed by atoms with Gasteiger partial charge in [0, 0.05) is 39.6 Å². The number of nitrogens with zero attached hydrogens (tertiary/aromatic N) is 7. The summed E-state index contributed by atoms with van der Waals surface area (Å²) in [5, 5.41) is 23.1. The van der Waals surface area contributed by atoms with Crippen molar-refractivity contribution >= 4 is 11.7 Å². The van der Waals surface area contributed by atoms with Crippen molar-refractivity contribution < 1.29 is 46.7 Å². The van der Waals surface area contributed by atoms with Gasteiger partial charge < -0.3 is 18.8 Å². The summed E-state index contributed by atoms with van der Waals surface area (Å²) in [5.74, 6) is 2.51. The van der Waals surface area contributed by atoms with Gasteiger partial charge >= 0.3 is 0 Å². The van der Waals surface area contributed by atoms with Crippen molar-refractivity contribution in [2.24, 2.45) is 5.10 Å². The van der Waals surface area contributed by atoms with Crippen LogP contribution in [0.15, 0.2) is 22.0 Å². The first-order chi connectivity index (χ1) is 14.2. The maximum Gasteiger partial charge on any atom is 0.211 e. The molecule has 1 fully saturated rings. The average Bonchev–Trinajstić information content (AvgIpc) is 3.42. The van der Waals surface area contributed by atoms with E-state index in [1.165, 1.54) is 46.2 Å². The molecule has 0 atom stereocenters. The van der Waals surface area contributed by atoms with Crippen molar-refractivity contribution in [3.63, 3.8) is 0 Å². The van der Waals surface area contributed by atoms with Crippen molar-refractivity contribution in [1.29, 1.82) is 0 Å². The molecule has 2 aromatic rings. The standard InChI is InChI=1S/C6H13N.C4H6N2O.C3H3N2O.C3H6O.C2H4N4.Y/c1-7-5-3-2-4-6-7;1-3-5-6-4(2)7-3;1-3-5-4-2-6-3;1-3(2)4;1-2-3-5-6-4-2;/h2-6H2,1H3;5H,1H2,2H3;1H3;1-2H3;1H3,(H,3,4,5,6);/q;;-1;;;. The minimum Gasteiger partial charge on any atom is -0.613 e. The van der Waals surface area contributed by atoms with Gasteiger partial charge in [-0.1, -0.05) is 18.6 Å². The number of hydrazone groups is 1. The topological polar surface area (TPSA) is 147 Å². The third-order valence-corrected chi connectivity index (χ3v) is 3.06. The van der Waals surface area contributed by atoms with Gasteiger partial charge in [-0.15, -0.1) is 15.3 Å². The fourth-order valence-corrected chi connectivity index (χ4v) is 1.83. The Balaban J connectivity index is 0. The average molecular weight is 511 g/mol. The van der Waals surface area contributed by atoms with Crippen LogP contribution in [-0.4, -0.2) is 67.5 Å². The smallest absolute Gasteiger partial charge is 0.211 e. The van der Waals surface area contributed by atoms with E-state index in [0.717, 1.165) is 0 Å². The summed E-state index contributed by atoms with van der Waals surface area (Å²) >= 11 is 0. The summed E-state index contributed by atoms with van der Waals surface area (Å²) in [5.41, 5.74) is 2.54. The van der Waals surface area contributed by atoms with E-state index in [4.69, 9.17) is 4.74 Å². The Labute approximate surface area is 208 Å². The number of rotatable bonds is 0. The van der Waals surface area contributed by atoms with E-state index in [9.17, 15) is 4.79 Å². The van der Waals surface area contributed by atoms with Gasteiger partial charge in [-0.25, -0.2) is 15.6 Å². The fourth-order valence-electron chi connectivity index (χ4n) is 1.83. The van der Waals surface area contributed by atoms with Gasteiger partial charge in [-0.2, -0.15) is 5.21 Å². The quantitative estimate of drug-likeness (QED) is 0.502. The van der Waals surface area contributed by atoms with E-state index in [0.29, 0.717) is 23.5 Å². The van der Waals surface area contributed by atoms with E-state index in [1.54, 1.807) is 20.8 Å². The number of carbonyl (C=O) groups is 1. The first-order valence-electron chi connectivity index (χ1n) is 9.39. The normalized spacial score (nSPS) is 14.0. The SMILES string of the molecule is C=C1NN=C(C)O1.CC(C)=O.CN1CCCCC1.Cc1nn[c-]o1.Cc1nn[nH]n1.[Y]. The number of nitrogens with one attached hydrogen (secondary N) is 2. The number of likely N-dealkylation sites (tertiary alicyclic amines) is 1. The van der Waals surface area contributed by atoms with Crippen LogP contribution >= 0.6 is 0 Å². The summed E-state index contributed by atoms with van der Waals surface area (Å²) in [4.78, 5) is 11.8. The van der Waals surface area contributed by atoms with Crippen LogP contribution in [0.1, 0.15) is 51.7 Å². The zero-order valence-electron chi connectivity index (χ0n) is 19.2. The predicted octanol–water partition coefficient (Wildman–Crippen LogP) is 1.79. The summed E-state index contributed by atoms with van der Waals surface area (Å²) in [6, 6.07) is 0. The Bertz CT molecular complexity index is 679. The Hall–Kier alpha value is -2.05. The largest absolute Gasteiger partial charge is 0.613 e. The summed E-state index contributed by atoms with van der Waals surface area (Å²) in [6.07, 6.45) is 6.47. The molecule has 0 spiro atoms. The van der Waals surface area contributed by atoms with Crippen molar-refractivity contribution in [2.45, 2.75) is 53.9 Å². The minimum atomic E-state index is 0. The number of aromatic amines is 1. The van der Waals surface area contributed by atoms with E-state index >= 15 is 0 Å². The number of ether oxygens (including phenoxy) is 1. The molecule has 2 N–H and O–H groups in total. The van der Waals surface area contributed by atoms with Gasteiger partial charge in [0.1, 0.15) is 5.78 Å². The van der Waals surface area contributed by atoms with Crippen LogP contribution in [-0.2, 0) is 42.2 Å². The maximum absolute atomic E-state index is 9.44. The Kier molecular flexibility index (Phi) is 20.0.